The summed E-state index contributed by atoms with van der Waals surface area (Å²) in [5.74, 6) is -0.828. The SMILES string of the molecule is NC1CCN(C(=O)Nc2cccc(CCC(=O)O)c2)C1. The van der Waals surface area contributed by atoms with Gasteiger partial charge in [0.2, 0.25) is 0 Å². The van der Waals surface area contributed by atoms with Crippen LogP contribution in [0.4, 0.5) is 10.5 Å². The number of nitrogens with two attached hydrogens (primary N) is 1. The van der Waals surface area contributed by atoms with Crippen LogP contribution < -0.4 is 11.1 Å². The molecule has 0 radical (unpaired) electrons. The number of carbonyl (C=O) groups is 2. The molecule has 0 aliphatic carbocycles. The molecule has 108 valence electrons. The van der Waals surface area contributed by atoms with Gasteiger partial charge in [-0.1, -0.05) is 12.1 Å². The van der Waals surface area contributed by atoms with E-state index in [2.05, 4.69) is 5.32 Å². The molecule has 1 atom stereocenters. The Kier molecular flexibility index (Phi) is 4.57. The van der Waals surface area contributed by atoms with Crippen LogP contribution in [0, 0.1) is 0 Å². The molecule has 1 heterocycles. The van der Waals surface area contributed by atoms with Crippen molar-refractivity contribution in [2.24, 2.45) is 5.73 Å². The number of urea groups is 1. The Morgan fingerprint density at radius 2 is 2.25 bits per heavy atom. The van der Waals surface area contributed by atoms with E-state index in [0.717, 1.165) is 12.0 Å². The summed E-state index contributed by atoms with van der Waals surface area (Å²) >= 11 is 0. The predicted octanol–water partition coefficient (Wildman–Crippen LogP) is 1.27. The Hall–Kier alpha value is -2.08. The standard InChI is InChI=1S/C14H19N3O3/c15-11-6-7-17(9-11)14(20)16-12-3-1-2-10(8-12)4-5-13(18)19/h1-3,8,11H,4-7,9,15H2,(H,16,20)(H,18,19). The fraction of sp³-hybridized carbons (Fsp3) is 0.429. The third-order valence-electron chi connectivity index (χ3n) is 3.32. The van der Waals surface area contributed by atoms with Crippen LogP contribution in [0.3, 0.4) is 0 Å². The van der Waals surface area contributed by atoms with Crippen molar-refractivity contribution in [3.05, 3.63) is 29.8 Å². The van der Waals surface area contributed by atoms with Crippen molar-refractivity contribution in [1.29, 1.82) is 0 Å². The molecule has 1 aromatic carbocycles. The van der Waals surface area contributed by atoms with Crippen molar-refractivity contribution >= 4 is 17.7 Å². The molecule has 4 N–H and O–H groups in total. The number of hydrogen-bond acceptors (Lipinski definition) is 3. The number of aryl methyl sites for hydroxylation is 1. The van der Waals surface area contributed by atoms with Gasteiger partial charge in [0.1, 0.15) is 0 Å². The van der Waals surface area contributed by atoms with E-state index in [9.17, 15) is 9.59 Å². The molecule has 1 saturated heterocycles. The first kappa shape index (κ1) is 14.3. The average molecular weight is 277 g/mol. The molecule has 0 saturated carbocycles. The average Bonchev–Trinajstić information content (AvgIpc) is 2.84. The first-order valence-corrected chi connectivity index (χ1v) is 6.67. The molecule has 0 bridgehead atoms. The molecule has 1 unspecified atom stereocenters. The minimum Gasteiger partial charge on any atom is -0.481 e. The summed E-state index contributed by atoms with van der Waals surface area (Å²) < 4.78 is 0. The number of benzene rings is 1. The largest absolute Gasteiger partial charge is 0.481 e. The summed E-state index contributed by atoms with van der Waals surface area (Å²) in [5, 5.41) is 11.5. The van der Waals surface area contributed by atoms with E-state index in [4.69, 9.17) is 10.8 Å². The minimum absolute atomic E-state index is 0.0580. The van der Waals surface area contributed by atoms with Crippen LogP contribution in [0.25, 0.3) is 0 Å². The number of hydrogen-bond donors (Lipinski definition) is 3. The van der Waals surface area contributed by atoms with Crippen LogP contribution in [0.2, 0.25) is 0 Å². The Bertz CT molecular complexity index is 504. The number of nitrogens with zero attached hydrogens (tertiary/aromatic N) is 1. The van der Waals surface area contributed by atoms with Gasteiger partial charge >= 0.3 is 12.0 Å². The zero-order valence-corrected chi connectivity index (χ0v) is 11.2. The molecule has 1 aliphatic rings. The zero-order valence-electron chi connectivity index (χ0n) is 11.2. The highest BCUT2D eigenvalue weighted by Gasteiger charge is 2.23. The lowest BCUT2D eigenvalue weighted by Crippen LogP contribution is -2.35. The Balaban J connectivity index is 1.93. The van der Waals surface area contributed by atoms with Crippen LogP contribution in [0.5, 0.6) is 0 Å². The van der Waals surface area contributed by atoms with Crippen molar-refractivity contribution in [2.75, 3.05) is 18.4 Å². The van der Waals surface area contributed by atoms with Crippen LogP contribution in [-0.4, -0.2) is 41.1 Å². The summed E-state index contributed by atoms with van der Waals surface area (Å²) in [7, 11) is 0. The smallest absolute Gasteiger partial charge is 0.321 e. The predicted molar refractivity (Wildman–Crippen MR) is 75.6 cm³/mol. The molecule has 2 rings (SSSR count). The molecular formula is C14H19N3O3. The van der Waals surface area contributed by atoms with Gasteiger partial charge in [-0.2, -0.15) is 0 Å². The fourth-order valence-electron chi connectivity index (χ4n) is 2.23. The normalized spacial score (nSPS) is 18.1. The first-order chi connectivity index (χ1) is 9.54. The molecule has 2 amide bonds. The third kappa shape index (κ3) is 3.96. The van der Waals surface area contributed by atoms with Crippen molar-refractivity contribution in [3.8, 4) is 0 Å². The van der Waals surface area contributed by atoms with Crippen molar-refractivity contribution in [3.63, 3.8) is 0 Å². The highest BCUT2D eigenvalue weighted by molar-refractivity contribution is 5.89. The Morgan fingerprint density at radius 1 is 1.45 bits per heavy atom. The van der Waals surface area contributed by atoms with Crippen LogP contribution in [0.1, 0.15) is 18.4 Å². The second-order valence-electron chi connectivity index (χ2n) is 5.02. The minimum atomic E-state index is -0.828. The van der Waals surface area contributed by atoms with E-state index in [0.29, 0.717) is 25.2 Å². The molecule has 1 aliphatic heterocycles. The van der Waals surface area contributed by atoms with Gasteiger partial charge in [0.05, 0.1) is 0 Å². The van der Waals surface area contributed by atoms with Gasteiger partial charge in [-0.25, -0.2) is 4.79 Å². The Morgan fingerprint density at radius 3 is 2.90 bits per heavy atom. The number of rotatable bonds is 4. The van der Waals surface area contributed by atoms with Crippen LogP contribution >= 0.6 is 0 Å². The van der Waals surface area contributed by atoms with Gasteiger partial charge in [0.15, 0.2) is 0 Å². The maximum absolute atomic E-state index is 12.0. The molecule has 0 aromatic heterocycles. The van der Waals surface area contributed by atoms with E-state index < -0.39 is 5.97 Å². The molecule has 20 heavy (non-hydrogen) atoms. The second kappa shape index (κ2) is 6.38. The van der Waals surface area contributed by atoms with Gasteiger partial charge in [0, 0.05) is 31.2 Å². The maximum Gasteiger partial charge on any atom is 0.321 e. The summed E-state index contributed by atoms with van der Waals surface area (Å²) in [6, 6.07) is 7.15. The van der Waals surface area contributed by atoms with Crippen LogP contribution in [-0.2, 0) is 11.2 Å². The van der Waals surface area contributed by atoms with E-state index >= 15 is 0 Å². The lowest BCUT2D eigenvalue weighted by molar-refractivity contribution is -0.136. The van der Waals surface area contributed by atoms with Crippen LogP contribution in [0.15, 0.2) is 24.3 Å². The van der Waals surface area contributed by atoms with E-state index in [1.165, 1.54) is 0 Å². The Labute approximate surface area is 117 Å². The third-order valence-corrected chi connectivity index (χ3v) is 3.32. The van der Waals surface area contributed by atoms with Gasteiger partial charge in [-0.15, -0.1) is 0 Å². The molecule has 1 aromatic rings. The zero-order chi connectivity index (χ0) is 14.5. The summed E-state index contributed by atoms with van der Waals surface area (Å²) in [6.45, 7) is 1.25. The lowest BCUT2D eigenvalue weighted by atomic mass is 10.1. The fourth-order valence-corrected chi connectivity index (χ4v) is 2.23. The number of aliphatic carboxylic acids is 1. The summed E-state index contributed by atoms with van der Waals surface area (Å²) in [5.41, 5.74) is 7.34. The topological polar surface area (TPSA) is 95.7 Å². The number of carboxylic acid groups (broad SMARTS) is 1. The number of nitrogens with one attached hydrogen (secondary N) is 1. The lowest BCUT2D eigenvalue weighted by Gasteiger charge is -2.17. The number of amides is 2. The molecular weight excluding hydrogens is 258 g/mol. The highest BCUT2D eigenvalue weighted by atomic mass is 16.4. The highest BCUT2D eigenvalue weighted by Crippen LogP contribution is 2.15. The van der Waals surface area contributed by atoms with Gasteiger partial charge < -0.3 is 21.1 Å². The second-order valence-corrected chi connectivity index (χ2v) is 5.02. The quantitative estimate of drug-likeness (QED) is 0.772. The van der Waals surface area contributed by atoms with Crippen molar-refractivity contribution in [1.82, 2.24) is 4.90 Å². The van der Waals surface area contributed by atoms with Gasteiger partial charge in [-0.05, 0) is 30.5 Å². The summed E-state index contributed by atoms with van der Waals surface area (Å²) in [6.07, 6.45) is 1.36. The van der Waals surface area contributed by atoms with Gasteiger partial charge in [0.25, 0.3) is 0 Å². The van der Waals surface area contributed by atoms with E-state index in [1.54, 1.807) is 17.0 Å². The monoisotopic (exact) mass is 277 g/mol. The summed E-state index contributed by atoms with van der Waals surface area (Å²) in [4.78, 5) is 24.2. The maximum atomic E-state index is 12.0. The number of carboxylic acids is 1. The van der Waals surface area contributed by atoms with E-state index in [1.807, 2.05) is 12.1 Å². The number of anilines is 1. The van der Waals surface area contributed by atoms with Crippen molar-refractivity contribution in [2.45, 2.75) is 25.3 Å². The molecule has 1 fully saturated rings. The molecule has 6 nitrogen and oxygen atoms in total. The molecule has 6 heteroatoms. The van der Waals surface area contributed by atoms with E-state index in [-0.39, 0.29) is 18.5 Å². The van der Waals surface area contributed by atoms with Gasteiger partial charge in [-0.3, -0.25) is 4.79 Å². The number of likely N-dealkylation sites (tertiary alicyclic amines) is 1. The molecule has 0 spiro atoms. The first-order valence-electron chi connectivity index (χ1n) is 6.67. The van der Waals surface area contributed by atoms with Crippen molar-refractivity contribution < 1.29 is 14.7 Å². The number of carbonyl (C=O) groups excluding carboxylic acids is 1.